The fourth-order valence-electron chi connectivity index (χ4n) is 4.93. The Morgan fingerprint density at radius 1 is 0.919 bits per heavy atom. The summed E-state index contributed by atoms with van der Waals surface area (Å²) < 4.78 is 17.1. The number of nitrogens with one attached hydrogen (secondary N) is 1. The van der Waals surface area contributed by atoms with E-state index in [1.165, 1.54) is 5.69 Å². The number of carbonyl (C=O) groups is 1. The highest BCUT2D eigenvalue weighted by molar-refractivity contribution is 5.97. The molecular formula is C29H27N3O5. The minimum Gasteiger partial charge on any atom is -0.454 e. The summed E-state index contributed by atoms with van der Waals surface area (Å²) in [6.07, 6.45) is 0. The van der Waals surface area contributed by atoms with Crippen molar-refractivity contribution in [1.82, 2.24) is 4.90 Å². The maximum atomic E-state index is 13.6. The van der Waals surface area contributed by atoms with Gasteiger partial charge in [0.1, 0.15) is 5.58 Å². The Kier molecular flexibility index (Phi) is 6.02. The number of nitrogens with zero attached hydrogens (tertiary/aromatic N) is 2. The highest BCUT2D eigenvalue weighted by Crippen LogP contribution is 2.38. The number of rotatable bonds is 5. The second-order valence-electron chi connectivity index (χ2n) is 9.30. The van der Waals surface area contributed by atoms with E-state index in [0.29, 0.717) is 33.6 Å². The summed E-state index contributed by atoms with van der Waals surface area (Å²) >= 11 is 0. The zero-order chi connectivity index (χ0) is 25.4. The van der Waals surface area contributed by atoms with Crippen LogP contribution in [0.25, 0.3) is 22.1 Å². The lowest BCUT2D eigenvalue weighted by Crippen LogP contribution is -2.48. The van der Waals surface area contributed by atoms with E-state index in [1.54, 1.807) is 24.3 Å². The molecule has 0 unspecified atom stereocenters. The molecule has 0 saturated carbocycles. The molecule has 0 radical (unpaired) electrons. The summed E-state index contributed by atoms with van der Waals surface area (Å²) in [7, 11) is 0. The molecule has 3 heterocycles. The van der Waals surface area contributed by atoms with Crippen LogP contribution >= 0.6 is 0 Å². The highest BCUT2D eigenvalue weighted by atomic mass is 16.7. The largest absolute Gasteiger partial charge is 0.454 e. The molecule has 1 N–H and O–H groups in total. The van der Waals surface area contributed by atoms with Gasteiger partial charge in [0, 0.05) is 31.9 Å². The molecule has 1 saturated heterocycles. The van der Waals surface area contributed by atoms with E-state index in [9.17, 15) is 9.59 Å². The lowest BCUT2D eigenvalue weighted by atomic mass is 10.0. The van der Waals surface area contributed by atoms with Gasteiger partial charge in [-0.1, -0.05) is 36.4 Å². The number of aryl methyl sites for hydroxylation is 1. The number of ether oxygens (including phenoxy) is 2. The number of hydrogen-bond donors (Lipinski definition) is 1. The van der Waals surface area contributed by atoms with Crippen molar-refractivity contribution in [2.75, 3.05) is 49.7 Å². The predicted molar refractivity (Wildman–Crippen MR) is 143 cm³/mol. The molecule has 1 aromatic heterocycles. The Hall–Kier alpha value is -4.30. The van der Waals surface area contributed by atoms with Crippen LogP contribution in [0.3, 0.4) is 0 Å². The molecule has 37 heavy (non-hydrogen) atoms. The predicted octanol–water partition coefficient (Wildman–Crippen LogP) is 4.26. The number of anilines is 2. The van der Waals surface area contributed by atoms with Crippen LogP contribution in [0.1, 0.15) is 5.56 Å². The molecule has 0 bridgehead atoms. The standard InChI is InChI=1S/C29H27N3O5/c1-19-6-5-9-22-27(34)26(20-10-11-23-24(16-20)36-18-35-23)29(37-28(19)22)30-25(33)17-31-12-14-32(15-13-31)21-7-3-2-4-8-21/h2-11,16H,12-15,17-18H2,1H3,(H,30,33). The van der Waals surface area contributed by atoms with Gasteiger partial charge in [0.25, 0.3) is 0 Å². The van der Waals surface area contributed by atoms with Crippen LogP contribution in [0.4, 0.5) is 11.6 Å². The number of carbonyl (C=O) groups excluding carboxylic acids is 1. The van der Waals surface area contributed by atoms with Crippen LogP contribution in [0.5, 0.6) is 11.5 Å². The molecule has 1 amide bonds. The molecular weight excluding hydrogens is 470 g/mol. The fourth-order valence-corrected chi connectivity index (χ4v) is 4.93. The molecule has 2 aliphatic rings. The molecule has 4 aromatic rings. The third-order valence-corrected chi connectivity index (χ3v) is 6.89. The molecule has 188 valence electrons. The number of amides is 1. The van der Waals surface area contributed by atoms with E-state index in [2.05, 4.69) is 27.2 Å². The normalized spacial score (nSPS) is 15.2. The molecule has 0 atom stereocenters. The van der Waals surface area contributed by atoms with Crippen molar-refractivity contribution in [1.29, 1.82) is 0 Å². The third kappa shape index (κ3) is 4.51. The zero-order valence-corrected chi connectivity index (χ0v) is 20.5. The summed E-state index contributed by atoms with van der Waals surface area (Å²) in [6, 6.07) is 21.0. The van der Waals surface area contributed by atoms with Gasteiger partial charge in [-0.25, -0.2) is 0 Å². The van der Waals surface area contributed by atoms with E-state index in [0.717, 1.165) is 31.7 Å². The van der Waals surface area contributed by atoms with Gasteiger partial charge in [-0.15, -0.1) is 0 Å². The van der Waals surface area contributed by atoms with Crippen molar-refractivity contribution in [2.24, 2.45) is 0 Å². The topological polar surface area (TPSA) is 84.2 Å². The first kappa shape index (κ1) is 23.1. The monoisotopic (exact) mass is 497 g/mol. The van der Waals surface area contributed by atoms with Gasteiger partial charge < -0.3 is 18.8 Å². The second kappa shape index (κ2) is 9.63. The minimum atomic E-state index is -0.230. The van der Waals surface area contributed by atoms with Gasteiger partial charge in [0.15, 0.2) is 11.5 Å². The second-order valence-corrected chi connectivity index (χ2v) is 9.30. The fraction of sp³-hybridized carbons (Fsp3) is 0.241. The Balaban J connectivity index is 1.26. The van der Waals surface area contributed by atoms with E-state index >= 15 is 0 Å². The van der Waals surface area contributed by atoms with Gasteiger partial charge in [-0.2, -0.15) is 0 Å². The number of para-hydroxylation sites is 2. The summed E-state index contributed by atoms with van der Waals surface area (Å²) in [4.78, 5) is 31.2. The lowest BCUT2D eigenvalue weighted by Gasteiger charge is -2.35. The van der Waals surface area contributed by atoms with Crippen molar-refractivity contribution in [3.63, 3.8) is 0 Å². The number of fused-ring (bicyclic) bond motifs is 2. The van der Waals surface area contributed by atoms with Crippen LogP contribution in [0.15, 0.2) is 75.9 Å². The van der Waals surface area contributed by atoms with E-state index in [1.807, 2.05) is 37.3 Å². The Morgan fingerprint density at radius 2 is 1.70 bits per heavy atom. The first-order valence-electron chi connectivity index (χ1n) is 12.4. The Morgan fingerprint density at radius 3 is 2.51 bits per heavy atom. The van der Waals surface area contributed by atoms with Crippen LogP contribution in [-0.4, -0.2) is 50.3 Å². The Bertz CT molecular complexity index is 1520. The van der Waals surface area contributed by atoms with Crippen LogP contribution in [0.2, 0.25) is 0 Å². The van der Waals surface area contributed by atoms with Crippen molar-refractivity contribution in [3.05, 3.63) is 82.5 Å². The SMILES string of the molecule is Cc1cccc2c(=O)c(-c3ccc4c(c3)OCO4)c(NC(=O)CN3CCN(c4ccccc4)CC3)oc12. The van der Waals surface area contributed by atoms with Crippen molar-refractivity contribution in [3.8, 4) is 22.6 Å². The van der Waals surface area contributed by atoms with E-state index in [-0.39, 0.29) is 30.6 Å². The van der Waals surface area contributed by atoms with Gasteiger partial charge in [0.05, 0.1) is 17.5 Å². The first-order chi connectivity index (χ1) is 18.1. The van der Waals surface area contributed by atoms with Gasteiger partial charge >= 0.3 is 0 Å². The molecule has 8 nitrogen and oxygen atoms in total. The van der Waals surface area contributed by atoms with Crippen LogP contribution < -0.4 is 25.1 Å². The van der Waals surface area contributed by atoms with Gasteiger partial charge in [-0.3, -0.25) is 19.8 Å². The Labute approximate surface area is 214 Å². The van der Waals surface area contributed by atoms with Crippen molar-refractivity contribution in [2.45, 2.75) is 6.92 Å². The first-order valence-corrected chi connectivity index (χ1v) is 12.4. The smallest absolute Gasteiger partial charge is 0.240 e. The van der Waals surface area contributed by atoms with Crippen LogP contribution in [0, 0.1) is 6.92 Å². The van der Waals surface area contributed by atoms with Gasteiger partial charge in [0.2, 0.25) is 24.0 Å². The van der Waals surface area contributed by atoms with Crippen LogP contribution in [-0.2, 0) is 4.79 Å². The maximum Gasteiger partial charge on any atom is 0.240 e. The highest BCUT2D eigenvalue weighted by Gasteiger charge is 2.24. The average Bonchev–Trinajstić information content (AvgIpc) is 3.38. The summed E-state index contributed by atoms with van der Waals surface area (Å²) in [6.45, 7) is 5.41. The van der Waals surface area contributed by atoms with E-state index in [4.69, 9.17) is 13.9 Å². The molecule has 2 aliphatic heterocycles. The third-order valence-electron chi connectivity index (χ3n) is 6.89. The van der Waals surface area contributed by atoms with Crippen molar-refractivity contribution < 1.29 is 18.7 Å². The quantitative estimate of drug-likeness (QED) is 0.441. The molecule has 0 spiro atoms. The van der Waals surface area contributed by atoms with E-state index < -0.39 is 0 Å². The maximum absolute atomic E-state index is 13.6. The molecule has 0 aliphatic carbocycles. The zero-order valence-electron chi connectivity index (χ0n) is 20.5. The van der Waals surface area contributed by atoms with Crippen molar-refractivity contribution >= 4 is 28.4 Å². The van der Waals surface area contributed by atoms with Gasteiger partial charge in [-0.05, 0) is 48.4 Å². The number of benzene rings is 3. The molecule has 1 fully saturated rings. The number of hydrogen-bond acceptors (Lipinski definition) is 7. The average molecular weight is 498 g/mol. The summed E-state index contributed by atoms with van der Waals surface area (Å²) in [5.74, 6) is 1.07. The molecule has 6 rings (SSSR count). The molecule has 8 heteroatoms. The molecule has 3 aromatic carbocycles. The lowest BCUT2D eigenvalue weighted by molar-refractivity contribution is -0.117. The summed E-state index contributed by atoms with van der Waals surface area (Å²) in [5.41, 5.74) is 3.14. The minimum absolute atomic E-state index is 0.130. The summed E-state index contributed by atoms with van der Waals surface area (Å²) in [5, 5.41) is 3.36. The number of piperazine rings is 1.